The van der Waals surface area contributed by atoms with Crippen LogP contribution >= 0.6 is 11.3 Å². The van der Waals surface area contributed by atoms with Crippen molar-refractivity contribution in [3.8, 4) is 5.75 Å². The summed E-state index contributed by atoms with van der Waals surface area (Å²) in [6.07, 6.45) is -0.868. The minimum absolute atomic E-state index is 0.101. The van der Waals surface area contributed by atoms with Gasteiger partial charge in [-0.15, -0.1) is 24.5 Å². The molecule has 144 valence electrons. The number of thiazole rings is 1. The first kappa shape index (κ1) is 20.5. The van der Waals surface area contributed by atoms with Crippen molar-refractivity contribution < 1.29 is 22.7 Å². The predicted octanol–water partition coefficient (Wildman–Crippen LogP) is 4.86. The van der Waals surface area contributed by atoms with Gasteiger partial charge in [0.25, 0.3) is 0 Å². The van der Waals surface area contributed by atoms with Crippen molar-refractivity contribution in [2.75, 3.05) is 11.9 Å². The number of aromatic nitrogens is 1. The second-order valence-corrected chi connectivity index (χ2v) is 6.58. The zero-order valence-electron chi connectivity index (χ0n) is 14.1. The standard InChI is InChI=1S/C16H16F3N5O2S/c17-16(18,19)26-12-5-3-4-11(8-12)9-14(25)23-15-21-10-13(27-15)6-1-2-7-22-24-20/h3-5,8,10H,1-2,6-7,9H2,(H,21,23,25). The highest BCUT2D eigenvalue weighted by Crippen LogP contribution is 2.24. The molecule has 1 amide bonds. The number of ether oxygens (including phenoxy) is 1. The molecule has 0 bridgehead atoms. The van der Waals surface area contributed by atoms with Crippen LogP contribution < -0.4 is 10.1 Å². The van der Waals surface area contributed by atoms with Crippen molar-refractivity contribution in [3.05, 3.63) is 51.3 Å². The fraction of sp³-hybridized carbons (Fsp3) is 0.375. The lowest BCUT2D eigenvalue weighted by Crippen LogP contribution is -2.17. The number of aryl methyl sites for hydroxylation is 1. The third-order valence-corrected chi connectivity index (χ3v) is 4.26. The van der Waals surface area contributed by atoms with E-state index in [9.17, 15) is 18.0 Å². The minimum Gasteiger partial charge on any atom is -0.406 e. The van der Waals surface area contributed by atoms with Gasteiger partial charge in [0.15, 0.2) is 5.13 Å². The number of hydrogen-bond donors (Lipinski definition) is 1. The summed E-state index contributed by atoms with van der Waals surface area (Å²) in [5.41, 5.74) is 8.59. The molecule has 0 saturated carbocycles. The largest absolute Gasteiger partial charge is 0.573 e. The van der Waals surface area contributed by atoms with Crippen molar-refractivity contribution >= 4 is 22.4 Å². The van der Waals surface area contributed by atoms with Crippen LogP contribution in [0.3, 0.4) is 0 Å². The van der Waals surface area contributed by atoms with Gasteiger partial charge in [-0.2, -0.15) is 0 Å². The normalized spacial score (nSPS) is 10.9. The summed E-state index contributed by atoms with van der Waals surface area (Å²) in [7, 11) is 0. The molecule has 1 aromatic carbocycles. The Labute approximate surface area is 156 Å². The number of benzene rings is 1. The third kappa shape index (κ3) is 7.97. The summed E-state index contributed by atoms with van der Waals surface area (Å²) >= 11 is 1.33. The fourth-order valence-corrected chi connectivity index (χ4v) is 3.08. The summed E-state index contributed by atoms with van der Waals surface area (Å²) in [6.45, 7) is 0.440. The van der Waals surface area contributed by atoms with Crippen LogP contribution in [-0.4, -0.2) is 23.8 Å². The molecule has 27 heavy (non-hydrogen) atoms. The van der Waals surface area contributed by atoms with Crippen molar-refractivity contribution in [2.24, 2.45) is 5.11 Å². The second kappa shape index (κ2) is 9.79. The van der Waals surface area contributed by atoms with Crippen molar-refractivity contribution in [1.29, 1.82) is 0 Å². The Bertz CT molecular complexity index is 818. The van der Waals surface area contributed by atoms with Crippen LogP contribution in [0.5, 0.6) is 5.75 Å². The topological polar surface area (TPSA) is 100.0 Å². The summed E-state index contributed by atoms with van der Waals surface area (Å²) < 4.78 is 40.6. The van der Waals surface area contributed by atoms with Gasteiger partial charge < -0.3 is 10.1 Å². The molecule has 1 aromatic heterocycles. The molecule has 2 rings (SSSR count). The van der Waals surface area contributed by atoms with Crippen LogP contribution in [0.15, 0.2) is 35.6 Å². The smallest absolute Gasteiger partial charge is 0.406 e. The van der Waals surface area contributed by atoms with Crippen LogP contribution in [0, 0.1) is 0 Å². The van der Waals surface area contributed by atoms with Gasteiger partial charge in [-0.25, -0.2) is 4.98 Å². The molecule has 0 saturated heterocycles. The quantitative estimate of drug-likeness (QED) is 0.282. The van der Waals surface area contributed by atoms with Gasteiger partial charge in [-0.1, -0.05) is 17.2 Å². The van der Waals surface area contributed by atoms with Crippen LogP contribution in [-0.2, 0) is 17.6 Å². The van der Waals surface area contributed by atoms with E-state index in [1.165, 1.54) is 29.5 Å². The predicted molar refractivity (Wildman–Crippen MR) is 94.5 cm³/mol. The lowest BCUT2D eigenvalue weighted by atomic mass is 10.1. The van der Waals surface area contributed by atoms with Crippen molar-refractivity contribution in [2.45, 2.75) is 32.0 Å². The number of unbranched alkanes of at least 4 members (excludes halogenated alkanes) is 1. The molecule has 0 aliphatic rings. The summed E-state index contributed by atoms with van der Waals surface area (Å²) in [5, 5.41) is 6.51. The third-order valence-electron chi connectivity index (χ3n) is 3.29. The molecule has 0 aliphatic heterocycles. The maximum Gasteiger partial charge on any atom is 0.573 e. The molecule has 0 atom stereocenters. The van der Waals surface area contributed by atoms with E-state index in [2.05, 4.69) is 25.1 Å². The van der Waals surface area contributed by atoms with Gasteiger partial charge in [0.05, 0.1) is 6.42 Å². The molecule has 1 N–H and O–H groups in total. The first-order chi connectivity index (χ1) is 12.9. The van der Waals surface area contributed by atoms with E-state index in [-0.39, 0.29) is 18.1 Å². The van der Waals surface area contributed by atoms with E-state index < -0.39 is 6.36 Å². The van der Waals surface area contributed by atoms with Gasteiger partial charge >= 0.3 is 6.36 Å². The molecule has 0 spiro atoms. The van der Waals surface area contributed by atoms with Crippen LogP contribution in [0.2, 0.25) is 0 Å². The van der Waals surface area contributed by atoms with E-state index in [1.807, 2.05) is 0 Å². The fourth-order valence-electron chi connectivity index (χ4n) is 2.21. The highest BCUT2D eigenvalue weighted by molar-refractivity contribution is 7.15. The van der Waals surface area contributed by atoms with Gasteiger partial charge in [0.1, 0.15) is 5.75 Å². The number of carbonyl (C=O) groups is 1. The lowest BCUT2D eigenvalue weighted by Gasteiger charge is -2.09. The monoisotopic (exact) mass is 399 g/mol. The molecule has 11 heteroatoms. The number of nitrogens with zero attached hydrogens (tertiary/aromatic N) is 4. The Hall–Kier alpha value is -2.78. The highest BCUT2D eigenvalue weighted by Gasteiger charge is 2.31. The Balaban J connectivity index is 1.84. The number of halogens is 3. The molecule has 0 unspecified atom stereocenters. The van der Waals surface area contributed by atoms with Crippen molar-refractivity contribution in [1.82, 2.24) is 4.98 Å². The lowest BCUT2D eigenvalue weighted by molar-refractivity contribution is -0.274. The van der Waals surface area contributed by atoms with Gasteiger partial charge in [-0.05, 0) is 42.5 Å². The van der Waals surface area contributed by atoms with E-state index in [0.717, 1.165) is 24.1 Å². The van der Waals surface area contributed by atoms with E-state index in [1.54, 1.807) is 12.3 Å². The van der Waals surface area contributed by atoms with Gasteiger partial charge in [0.2, 0.25) is 5.91 Å². The molecular weight excluding hydrogens is 383 g/mol. The second-order valence-electron chi connectivity index (χ2n) is 5.46. The maximum absolute atomic E-state index is 12.2. The Kier molecular flexibility index (Phi) is 7.44. The Morgan fingerprint density at radius 3 is 2.93 bits per heavy atom. The zero-order valence-corrected chi connectivity index (χ0v) is 14.9. The number of alkyl halides is 3. The zero-order chi connectivity index (χ0) is 19.7. The van der Waals surface area contributed by atoms with Gasteiger partial charge in [0, 0.05) is 22.5 Å². The molecule has 2 aromatic rings. The number of carbonyl (C=O) groups excluding carboxylic acids is 1. The van der Waals surface area contributed by atoms with Crippen LogP contribution in [0.1, 0.15) is 23.3 Å². The van der Waals surface area contributed by atoms with E-state index in [4.69, 9.17) is 5.53 Å². The Morgan fingerprint density at radius 1 is 1.37 bits per heavy atom. The molecule has 0 aliphatic carbocycles. The average molecular weight is 399 g/mol. The number of azide groups is 1. The summed E-state index contributed by atoms with van der Waals surface area (Å²) in [5.74, 6) is -0.756. The average Bonchev–Trinajstić information content (AvgIpc) is 3.00. The molecular formula is C16H16F3N5O2S. The SMILES string of the molecule is [N-]=[N+]=NCCCCc1cnc(NC(=O)Cc2cccc(OC(F)(F)F)c2)s1. The molecule has 0 fully saturated rings. The van der Waals surface area contributed by atoms with Crippen LogP contribution in [0.25, 0.3) is 10.4 Å². The summed E-state index contributed by atoms with van der Waals surface area (Å²) in [4.78, 5) is 19.8. The van der Waals surface area contributed by atoms with Crippen LogP contribution in [0.4, 0.5) is 18.3 Å². The highest BCUT2D eigenvalue weighted by atomic mass is 32.1. The number of nitrogens with one attached hydrogen (secondary N) is 1. The number of amides is 1. The van der Waals surface area contributed by atoms with E-state index in [0.29, 0.717) is 17.2 Å². The molecule has 7 nitrogen and oxygen atoms in total. The maximum atomic E-state index is 12.2. The number of rotatable bonds is 9. The van der Waals surface area contributed by atoms with Gasteiger partial charge in [-0.3, -0.25) is 4.79 Å². The summed E-state index contributed by atoms with van der Waals surface area (Å²) in [6, 6.07) is 5.27. The molecule has 0 radical (unpaired) electrons. The number of hydrogen-bond acceptors (Lipinski definition) is 5. The molecule has 1 heterocycles. The first-order valence-corrected chi connectivity index (χ1v) is 8.77. The number of anilines is 1. The van der Waals surface area contributed by atoms with E-state index >= 15 is 0 Å². The van der Waals surface area contributed by atoms with Crippen molar-refractivity contribution in [3.63, 3.8) is 0 Å². The first-order valence-electron chi connectivity index (χ1n) is 7.96. The minimum atomic E-state index is -4.78. The Morgan fingerprint density at radius 2 is 2.19 bits per heavy atom.